The molecule has 0 aliphatic heterocycles. The maximum absolute atomic E-state index is 13.5. The number of nitro groups is 2. The molecule has 0 aromatic heterocycles. The first kappa shape index (κ1) is 23.8. The van der Waals surface area contributed by atoms with Gasteiger partial charge in [-0.3, -0.25) is 29.8 Å². The molecule has 6 aromatic rings. The van der Waals surface area contributed by atoms with Crippen molar-refractivity contribution in [2.75, 3.05) is 0 Å². The number of benzene rings is 6. The lowest BCUT2D eigenvalue weighted by Gasteiger charge is -2.23. The summed E-state index contributed by atoms with van der Waals surface area (Å²) in [5.74, 6) is -0.762. The quantitative estimate of drug-likeness (QED) is 0.163. The average molecular weight is 549 g/mol. The molecule has 2 aliphatic carbocycles. The van der Waals surface area contributed by atoms with Crippen LogP contribution in [-0.2, 0) is 0 Å². The van der Waals surface area contributed by atoms with Crippen LogP contribution in [0.4, 0.5) is 11.4 Å². The van der Waals surface area contributed by atoms with Crippen LogP contribution in [0.25, 0.3) is 54.9 Å². The van der Waals surface area contributed by atoms with Crippen LogP contribution in [0, 0.1) is 20.2 Å². The van der Waals surface area contributed by atoms with Gasteiger partial charge in [0.1, 0.15) is 11.1 Å². The van der Waals surface area contributed by atoms with E-state index in [1.54, 1.807) is 48.5 Å². The summed E-state index contributed by atoms with van der Waals surface area (Å²) in [5, 5.41) is 26.8. The van der Waals surface area contributed by atoms with E-state index in [1.165, 1.54) is 12.1 Å². The van der Waals surface area contributed by atoms with Gasteiger partial charge in [-0.2, -0.15) is 0 Å². The van der Waals surface area contributed by atoms with Gasteiger partial charge in [-0.05, 0) is 57.3 Å². The van der Waals surface area contributed by atoms with Crippen LogP contribution in [-0.4, -0.2) is 21.4 Å². The van der Waals surface area contributed by atoms with E-state index in [0.717, 1.165) is 32.7 Å². The summed E-state index contributed by atoms with van der Waals surface area (Å²) in [7, 11) is 0. The Labute approximate surface area is 236 Å². The number of carbonyl (C=O) groups excluding carboxylic acids is 2. The molecule has 6 aromatic carbocycles. The first-order chi connectivity index (χ1) is 20.3. The lowest BCUT2D eigenvalue weighted by atomic mass is 9.79. The van der Waals surface area contributed by atoms with Crippen LogP contribution < -0.4 is 0 Å². The predicted octanol–water partition coefficient (Wildman–Crippen LogP) is 7.90. The first-order valence-electron chi connectivity index (χ1n) is 13.1. The second-order valence-corrected chi connectivity index (χ2v) is 10.4. The molecular weight excluding hydrogens is 532 g/mol. The number of nitrogens with zero attached hydrogens (tertiary/aromatic N) is 2. The maximum Gasteiger partial charge on any atom is 0.281 e. The lowest BCUT2D eigenvalue weighted by Crippen LogP contribution is -2.13. The highest BCUT2D eigenvalue weighted by molar-refractivity contribution is 6.29. The minimum atomic E-state index is -0.532. The summed E-state index contributed by atoms with van der Waals surface area (Å²) in [4.78, 5) is 49.6. The number of rotatable bonds is 3. The van der Waals surface area contributed by atoms with Crippen LogP contribution in [0.3, 0.4) is 0 Å². The third-order valence-corrected chi connectivity index (χ3v) is 8.29. The smallest absolute Gasteiger partial charge is 0.281 e. The molecule has 198 valence electrons. The minimum Gasteiger partial charge on any atom is -0.288 e. The van der Waals surface area contributed by atoms with Crippen molar-refractivity contribution in [3.05, 3.63) is 140 Å². The van der Waals surface area contributed by atoms with Crippen molar-refractivity contribution in [3.8, 4) is 33.4 Å². The van der Waals surface area contributed by atoms with Gasteiger partial charge >= 0.3 is 0 Å². The average Bonchev–Trinajstić information content (AvgIpc) is 3.00. The molecule has 0 radical (unpaired) electrons. The highest BCUT2D eigenvalue weighted by Gasteiger charge is 2.34. The molecular formula is C34H16N2O6. The van der Waals surface area contributed by atoms with Gasteiger partial charge in [0.25, 0.3) is 11.4 Å². The predicted molar refractivity (Wildman–Crippen MR) is 158 cm³/mol. The summed E-state index contributed by atoms with van der Waals surface area (Å²) >= 11 is 0. The number of carbonyl (C=O) groups is 2. The number of ketones is 2. The molecule has 0 spiro atoms. The summed E-state index contributed by atoms with van der Waals surface area (Å²) < 4.78 is 0. The second-order valence-electron chi connectivity index (χ2n) is 10.4. The summed E-state index contributed by atoms with van der Waals surface area (Å²) in [6, 6.07) is 27.8. The van der Waals surface area contributed by atoms with Gasteiger partial charge in [0.15, 0.2) is 0 Å². The Morgan fingerprint density at radius 3 is 1.24 bits per heavy atom. The van der Waals surface area contributed by atoms with Crippen molar-refractivity contribution >= 4 is 44.5 Å². The summed E-state index contributed by atoms with van der Waals surface area (Å²) in [6.07, 6.45) is 0. The molecule has 0 saturated carbocycles. The molecule has 0 atom stereocenters. The van der Waals surface area contributed by atoms with E-state index in [0.29, 0.717) is 33.4 Å². The van der Waals surface area contributed by atoms with Gasteiger partial charge in [-0.25, -0.2) is 0 Å². The Kier molecular flexibility index (Phi) is 4.68. The standard InChI is InChI=1S/C34H16N2O6/c37-33-23-9-1-5-17-13-19(15-25(29(17)23)21-7-3-11-27(31(21)33)35(39)40)20-14-18-6-2-10-24-30(18)26(16-20)22-8-4-12-28(36(41)42)32(22)34(24)38/h1-16H. The molecule has 42 heavy (non-hydrogen) atoms. The van der Waals surface area contributed by atoms with E-state index >= 15 is 0 Å². The molecule has 0 saturated heterocycles. The van der Waals surface area contributed by atoms with Crippen molar-refractivity contribution in [1.82, 2.24) is 0 Å². The molecule has 0 N–H and O–H groups in total. The lowest BCUT2D eigenvalue weighted by molar-refractivity contribution is -0.385. The maximum atomic E-state index is 13.5. The van der Waals surface area contributed by atoms with Crippen molar-refractivity contribution in [3.63, 3.8) is 0 Å². The summed E-state index contributed by atoms with van der Waals surface area (Å²) in [6.45, 7) is 0. The third-order valence-electron chi connectivity index (χ3n) is 8.29. The van der Waals surface area contributed by atoms with E-state index in [1.807, 2.05) is 36.4 Å². The third kappa shape index (κ3) is 3.06. The van der Waals surface area contributed by atoms with Crippen LogP contribution in [0.2, 0.25) is 0 Å². The Morgan fingerprint density at radius 1 is 0.452 bits per heavy atom. The van der Waals surface area contributed by atoms with Crippen LogP contribution in [0.15, 0.2) is 97.1 Å². The Balaban J connectivity index is 1.44. The second kappa shape index (κ2) is 8.25. The fraction of sp³-hybridized carbons (Fsp3) is 0. The minimum absolute atomic E-state index is 0.0673. The molecule has 0 heterocycles. The zero-order chi connectivity index (χ0) is 28.9. The van der Waals surface area contributed by atoms with Gasteiger partial charge in [0, 0.05) is 45.2 Å². The van der Waals surface area contributed by atoms with Crippen molar-refractivity contribution in [2.24, 2.45) is 0 Å². The fourth-order valence-corrected chi connectivity index (χ4v) is 6.57. The fourth-order valence-electron chi connectivity index (χ4n) is 6.57. The molecule has 0 bridgehead atoms. The van der Waals surface area contributed by atoms with E-state index in [-0.39, 0.29) is 34.1 Å². The zero-order valence-corrected chi connectivity index (χ0v) is 21.6. The zero-order valence-electron chi connectivity index (χ0n) is 21.6. The van der Waals surface area contributed by atoms with Crippen molar-refractivity contribution in [1.29, 1.82) is 0 Å². The SMILES string of the molecule is O=C1c2c(cccc2[N+](=O)[O-])-c2cc(-c3cc4c5c(cccc5c3)C(=O)c3c-4cccc3[N+](=O)[O-])cc3cccc1c23. The normalized spacial score (nSPS) is 12.8. The van der Waals surface area contributed by atoms with Crippen molar-refractivity contribution in [2.45, 2.75) is 0 Å². The van der Waals surface area contributed by atoms with Gasteiger partial charge in [-0.1, -0.05) is 60.7 Å². The van der Waals surface area contributed by atoms with Gasteiger partial charge in [-0.15, -0.1) is 0 Å². The molecule has 0 amide bonds. The summed E-state index contributed by atoms with van der Waals surface area (Å²) in [5.41, 5.74) is 4.50. The van der Waals surface area contributed by atoms with E-state index in [2.05, 4.69) is 0 Å². The van der Waals surface area contributed by atoms with Crippen LogP contribution in [0.1, 0.15) is 31.8 Å². The Hall–Kier alpha value is -6.02. The largest absolute Gasteiger partial charge is 0.288 e. The number of nitro benzene ring substituents is 2. The van der Waals surface area contributed by atoms with E-state index in [4.69, 9.17) is 0 Å². The van der Waals surface area contributed by atoms with Gasteiger partial charge < -0.3 is 0 Å². The molecule has 0 unspecified atom stereocenters. The molecule has 8 nitrogen and oxygen atoms in total. The first-order valence-corrected chi connectivity index (χ1v) is 13.1. The van der Waals surface area contributed by atoms with Gasteiger partial charge in [0.2, 0.25) is 11.6 Å². The number of hydrogen-bond acceptors (Lipinski definition) is 6. The Bertz CT molecular complexity index is 2140. The number of hydrogen-bond donors (Lipinski definition) is 0. The highest BCUT2D eigenvalue weighted by Crippen LogP contribution is 2.47. The number of fused-ring (bicyclic) bond motifs is 4. The highest BCUT2D eigenvalue weighted by atomic mass is 16.6. The van der Waals surface area contributed by atoms with Crippen molar-refractivity contribution < 1.29 is 19.4 Å². The molecule has 8 rings (SSSR count). The van der Waals surface area contributed by atoms with E-state index < -0.39 is 9.85 Å². The van der Waals surface area contributed by atoms with Gasteiger partial charge in [0.05, 0.1) is 9.85 Å². The van der Waals surface area contributed by atoms with Crippen LogP contribution >= 0.6 is 0 Å². The molecule has 0 fully saturated rings. The molecule has 8 heteroatoms. The topological polar surface area (TPSA) is 120 Å². The molecule has 2 aliphatic rings. The van der Waals surface area contributed by atoms with Crippen LogP contribution in [0.5, 0.6) is 0 Å². The monoisotopic (exact) mass is 548 g/mol. The van der Waals surface area contributed by atoms with E-state index in [9.17, 15) is 29.8 Å². The Morgan fingerprint density at radius 2 is 0.833 bits per heavy atom.